The quantitative estimate of drug-likeness (QED) is 0.722. The number of carbonyl (C=O) groups is 1. The maximum atomic E-state index is 13.7. The van der Waals surface area contributed by atoms with Gasteiger partial charge >= 0.3 is 0 Å². The first kappa shape index (κ1) is 18.5. The number of hydrogen-bond donors (Lipinski definition) is 2. The number of carbonyl (C=O) groups excluding carboxylic acids is 1. The molecule has 0 bridgehead atoms. The van der Waals surface area contributed by atoms with E-state index in [-0.39, 0.29) is 28.9 Å². The summed E-state index contributed by atoms with van der Waals surface area (Å²) >= 11 is 0. The van der Waals surface area contributed by atoms with Gasteiger partial charge in [-0.15, -0.1) is 0 Å². The standard InChI is InChI=1S/C19H16F2N4O2/c1-19(27,10-25-11-23-17-15(21)3-2-4-16(17)25)18(26)24-14-6-5-12(9-22)13(7-14)8-20/h2-7,11,27H,8,10H2,1H3,(H,24,26)/t19-/m0/s1. The molecule has 0 spiro atoms. The van der Waals surface area contributed by atoms with Gasteiger partial charge in [-0.05, 0) is 37.3 Å². The number of nitrogens with zero attached hydrogens (tertiary/aromatic N) is 3. The van der Waals surface area contributed by atoms with Crippen molar-refractivity contribution in [1.29, 1.82) is 5.26 Å². The van der Waals surface area contributed by atoms with Crippen LogP contribution in [0, 0.1) is 17.1 Å². The number of nitriles is 1. The highest BCUT2D eigenvalue weighted by atomic mass is 19.1. The number of aromatic nitrogens is 2. The second kappa shape index (κ2) is 7.13. The Balaban J connectivity index is 1.81. The lowest BCUT2D eigenvalue weighted by Gasteiger charge is -2.23. The van der Waals surface area contributed by atoms with E-state index in [1.807, 2.05) is 6.07 Å². The lowest BCUT2D eigenvalue weighted by atomic mass is 10.0. The fraction of sp³-hybridized carbons (Fsp3) is 0.211. The van der Waals surface area contributed by atoms with Crippen LogP contribution in [0.2, 0.25) is 0 Å². The summed E-state index contributed by atoms with van der Waals surface area (Å²) in [6.07, 6.45) is 1.35. The molecule has 2 N–H and O–H groups in total. The van der Waals surface area contributed by atoms with Crippen LogP contribution in [0.1, 0.15) is 18.1 Å². The summed E-state index contributed by atoms with van der Waals surface area (Å²) < 4.78 is 28.2. The Hall–Kier alpha value is -3.31. The zero-order valence-electron chi connectivity index (χ0n) is 14.4. The molecule has 138 valence electrons. The second-order valence-corrected chi connectivity index (χ2v) is 6.33. The number of halogens is 2. The normalized spacial score (nSPS) is 13.1. The number of benzene rings is 2. The van der Waals surface area contributed by atoms with Gasteiger partial charge in [-0.25, -0.2) is 13.8 Å². The number of amides is 1. The number of nitrogens with one attached hydrogen (secondary N) is 1. The minimum Gasteiger partial charge on any atom is -0.378 e. The highest BCUT2D eigenvalue weighted by Gasteiger charge is 2.31. The van der Waals surface area contributed by atoms with Crippen molar-refractivity contribution >= 4 is 22.6 Å². The van der Waals surface area contributed by atoms with Gasteiger partial charge in [0.15, 0.2) is 11.4 Å². The van der Waals surface area contributed by atoms with E-state index in [9.17, 15) is 18.7 Å². The fourth-order valence-electron chi connectivity index (χ4n) is 2.74. The van der Waals surface area contributed by atoms with Crippen LogP contribution in [-0.2, 0) is 18.0 Å². The van der Waals surface area contributed by atoms with E-state index in [0.29, 0.717) is 5.52 Å². The highest BCUT2D eigenvalue weighted by molar-refractivity contribution is 5.97. The first-order valence-corrected chi connectivity index (χ1v) is 8.08. The third-order valence-corrected chi connectivity index (χ3v) is 4.20. The first-order valence-electron chi connectivity index (χ1n) is 8.08. The van der Waals surface area contributed by atoms with Crippen molar-refractivity contribution < 1.29 is 18.7 Å². The Morgan fingerprint density at radius 1 is 1.41 bits per heavy atom. The maximum absolute atomic E-state index is 13.7. The van der Waals surface area contributed by atoms with Crippen LogP contribution in [0.3, 0.4) is 0 Å². The summed E-state index contributed by atoms with van der Waals surface area (Å²) in [7, 11) is 0. The van der Waals surface area contributed by atoms with Gasteiger partial charge in [-0.1, -0.05) is 6.07 Å². The van der Waals surface area contributed by atoms with Crippen LogP contribution in [0.5, 0.6) is 0 Å². The van der Waals surface area contributed by atoms with Crippen LogP contribution >= 0.6 is 0 Å². The fourth-order valence-corrected chi connectivity index (χ4v) is 2.74. The third kappa shape index (κ3) is 3.64. The number of anilines is 1. The van der Waals surface area contributed by atoms with Gasteiger partial charge in [0, 0.05) is 11.3 Å². The predicted octanol–water partition coefficient (Wildman–Crippen LogP) is 2.91. The van der Waals surface area contributed by atoms with Gasteiger partial charge in [0.2, 0.25) is 0 Å². The first-order chi connectivity index (χ1) is 12.9. The van der Waals surface area contributed by atoms with E-state index >= 15 is 0 Å². The van der Waals surface area contributed by atoms with Gasteiger partial charge in [0.1, 0.15) is 12.2 Å². The van der Waals surface area contributed by atoms with E-state index in [4.69, 9.17) is 5.26 Å². The Morgan fingerprint density at radius 2 is 2.19 bits per heavy atom. The van der Waals surface area contributed by atoms with Crippen LogP contribution in [0.4, 0.5) is 14.5 Å². The Bertz CT molecular complexity index is 1050. The molecule has 0 unspecified atom stereocenters. The number of rotatable bonds is 5. The lowest BCUT2D eigenvalue weighted by molar-refractivity contribution is -0.133. The van der Waals surface area contributed by atoms with Gasteiger partial charge < -0.3 is 15.0 Å². The molecule has 0 saturated carbocycles. The molecule has 1 aromatic heterocycles. The molecule has 1 heterocycles. The summed E-state index contributed by atoms with van der Waals surface area (Å²) in [5.41, 5.74) is -0.674. The molecule has 0 fully saturated rings. The molecule has 0 radical (unpaired) electrons. The largest absolute Gasteiger partial charge is 0.378 e. The predicted molar refractivity (Wildman–Crippen MR) is 94.9 cm³/mol. The van der Waals surface area contributed by atoms with Crippen LogP contribution in [0.15, 0.2) is 42.7 Å². The van der Waals surface area contributed by atoms with Crippen molar-refractivity contribution in [1.82, 2.24) is 9.55 Å². The Kier molecular flexibility index (Phi) is 4.88. The average Bonchev–Trinajstić information content (AvgIpc) is 3.05. The molecule has 6 nitrogen and oxygen atoms in total. The third-order valence-electron chi connectivity index (χ3n) is 4.20. The topological polar surface area (TPSA) is 90.9 Å². The highest BCUT2D eigenvalue weighted by Crippen LogP contribution is 2.21. The molecular formula is C19H16F2N4O2. The molecule has 1 atom stereocenters. The maximum Gasteiger partial charge on any atom is 0.257 e. The molecule has 3 aromatic rings. The van der Waals surface area contributed by atoms with Crippen molar-refractivity contribution in [3.8, 4) is 6.07 Å². The van der Waals surface area contributed by atoms with Gasteiger partial charge in [-0.2, -0.15) is 5.26 Å². The van der Waals surface area contributed by atoms with E-state index in [0.717, 1.165) is 0 Å². The summed E-state index contributed by atoms with van der Waals surface area (Å²) in [4.78, 5) is 16.5. The van der Waals surface area contributed by atoms with E-state index in [1.54, 1.807) is 6.07 Å². The number of alkyl halides is 1. The van der Waals surface area contributed by atoms with Gasteiger partial charge in [-0.3, -0.25) is 4.79 Å². The summed E-state index contributed by atoms with van der Waals surface area (Å²) in [5, 5.41) is 22.0. The zero-order chi connectivity index (χ0) is 19.6. The van der Waals surface area contributed by atoms with E-state index < -0.39 is 24.0 Å². The summed E-state index contributed by atoms with van der Waals surface area (Å²) in [5.74, 6) is -1.22. The molecule has 27 heavy (non-hydrogen) atoms. The minimum atomic E-state index is -1.84. The van der Waals surface area contributed by atoms with Crippen LogP contribution < -0.4 is 5.32 Å². The molecule has 3 rings (SSSR count). The van der Waals surface area contributed by atoms with Crippen molar-refractivity contribution in [2.24, 2.45) is 0 Å². The second-order valence-electron chi connectivity index (χ2n) is 6.33. The SMILES string of the molecule is C[C@](O)(Cn1cnc2c(F)cccc21)C(=O)Nc1ccc(C#N)c(CF)c1. The molecule has 8 heteroatoms. The smallest absolute Gasteiger partial charge is 0.257 e. The van der Waals surface area contributed by atoms with Gasteiger partial charge in [0.05, 0.1) is 30.0 Å². The molecule has 2 aromatic carbocycles. The number of imidazole rings is 1. The van der Waals surface area contributed by atoms with Crippen LogP contribution in [-0.4, -0.2) is 26.2 Å². The Labute approximate surface area is 153 Å². The van der Waals surface area contributed by atoms with Crippen LogP contribution in [0.25, 0.3) is 11.0 Å². The number of aliphatic hydroxyl groups is 1. The zero-order valence-corrected chi connectivity index (χ0v) is 14.4. The number of hydrogen-bond acceptors (Lipinski definition) is 4. The Morgan fingerprint density at radius 3 is 2.89 bits per heavy atom. The monoisotopic (exact) mass is 370 g/mol. The molecule has 0 saturated heterocycles. The van der Waals surface area contributed by atoms with Crippen molar-refractivity contribution in [2.75, 3.05) is 5.32 Å². The molecule has 0 aliphatic rings. The molecule has 0 aliphatic heterocycles. The van der Waals surface area contributed by atoms with E-state index in [1.165, 1.54) is 48.1 Å². The summed E-state index contributed by atoms with van der Waals surface area (Å²) in [6.45, 7) is 0.299. The van der Waals surface area contributed by atoms with Crippen molar-refractivity contribution in [3.05, 3.63) is 59.7 Å². The number of fused-ring (bicyclic) bond motifs is 1. The number of para-hydroxylation sites is 1. The summed E-state index contributed by atoms with van der Waals surface area (Å²) in [6, 6.07) is 10.5. The van der Waals surface area contributed by atoms with Gasteiger partial charge in [0.25, 0.3) is 5.91 Å². The minimum absolute atomic E-state index is 0.144. The van der Waals surface area contributed by atoms with Crippen molar-refractivity contribution in [3.63, 3.8) is 0 Å². The van der Waals surface area contributed by atoms with Crippen molar-refractivity contribution in [2.45, 2.75) is 25.7 Å². The molecule has 0 aliphatic carbocycles. The lowest BCUT2D eigenvalue weighted by Crippen LogP contribution is -2.43. The molecular weight excluding hydrogens is 354 g/mol. The van der Waals surface area contributed by atoms with E-state index in [2.05, 4.69) is 10.3 Å². The molecule has 1 amide bonds. The average molecular weight is 370 g/mol.